The summed E-state index contributed by atoms with van der Waals surface area (Å²) >= 11 is 1.33. The minimum absolute atomic E-state index is 0.322. The standard InChI is InChI=1S/C13H9N3O3S/c1-8-7-20-13(15-8)10(6-14)4-9-2-3-12(17)11(5-9)16(18)19/h2-5,7,17H,1H3/b10-4-. The molecule has 0 radical (unpaired) electrons. The smallest absolute Gasteiger partial charge is 0.311 e. The van der Waals surface area contributed by atoms with E-state index >= 15 is 0 Å². The largest absolute Gasteiger partial charge is 0.502 e. The number of nitro groups is 1. The molecule has 0 spiro atoms. The van der Waals surface area contributed by atoms with E-state index < -0.39 is 16.4 Å². The number of aromatic hydroxyl groups is 1. The van der Waals surface area contributed by atoms with Gasteiger partial charge < -0.3 is 5.11 Å². The van der Waals surface area contributed by atoms with Crippen LogP contribution >= 0.6 is 11.3 Å². The fourth-order valence-electron chi connectivity index (χ4n) is 1.56. The average molecular weight is 287 g/mol. The van der Waals surface area contributed by atoms with Crippen LogP contribution in [0.5, 0.6) is 5.75 Å². The van der Waals surface area contributed by atoms with Crippen LogP contribution in [-0.2, 0) is 0 Å². The van der Waals surface area contributed by atoms with Crippen LogP contribution in [0.25, 0.3) is 11.6 Å². The lowest BCUT2D eigenvalue weighted by atomic mass is 10.1. The second kappa shape index (κ2) is 5.50. The van der Waals surface area contributed by atoms with Gasteiger partial charge in [0, 0.05) is 17.1 Å². The molecule has 2 rings (SSSR count). The zero-order valence-corrected chi connectivity index (χ0v) is 11.2. The van der Waals surface area contributed by atoms with Crippen molar-refractivity contribution in [3.8, 4) is 11.8 Å². The molecular weight excluding hydrogens is 278 g/mol. The van der Waals surface area contributed by atoms with Crippen molar-refractivity contribution in [3.63, 3.8) is 0 Å². The molecule has 0 fully saturated rings. The second-order valence-corrected chi connectivity index (χ2v) is 4.83. The monoisotopic (exact) mass is 287 g/mol. The molecule has 1 N–H and O–H groups in total. The highest BCUT2D eigenvalue weighted by atomic mass is 32.1. The Kier molecular flexibility index (Phi) is 3.77. The first-order valence-corrected chi connectivity index (χ1v) is 6.41. The molecule has 0 aliphatic heterocycles. The van der Waals surface area contributed by atoms with Crippen LogP contribution in [0.3, 0.4) is 0 Å². The lowest BCUT2D eigenvalue weighted by Gasteiger charge is -1.98. The van der Waals surface area contributed by atoms with Crippen LogP contribution in [0.1, 0.15) is 16.3 Å². The van der Waals surface area contributed by atoms with Gasteiger partial charge >= 0.3 is 5.69 Å². The van der Waals surface area contributed by atoms with Crippen molar-refractivity contribution in [1.82, 2.24) is 4.98 Å². The highest BCUT2D eigenvalue weighted by molar-refractivity contribution is 7.11. The minimum Gasteiger partial charge on any atom is -0.502 e. The number of aryl methyl sites for hydroxylation is 1. The molecule has 0 saturated heterocycles. The molecule has 7 heteroatoms. The third-order valence-electron chi connectivity index (χ3n) is 2.48. The summed E-state index contributed by atoms with van der Waals surface area (Å²) in [7, 11) is 0. The average Bonchev–Trinajstić information content (AvgIpc) is 2.84. The molecule has 0 bridgehead atoms. The van der Waals surface area contributed by atoms with Gasteiger partial charge in [-0.1, -0.05) is 6.07 Å². The van der Waals surface area contributed by atoms with Crippen molar-refractivity contribution in [2.75, 3.05) is 0 Å². The summed E-state index contributed by atoms with van der Waals surface area (Å²) in [6.45, 7) is 1.82. The molecule has 0 aliphatic rings. The Bertz CT molecular complexity index is 744. The number of hydrogen-bond donors (Lipinski definition) is 1. The predicted molar refractivity (Wildman–Crippen MR) is 75.1 cm³/mol. The minimum atomic E-state index is -0.674. The lowest BCUT2D eigenvalue weighted by Crippen LogP contribution is -1.89. The fraction of sp³-hybridized carbons (Fsp3) is 0.0769. The second-order valence-electron chi connectivity index (χ2n) is 3.97. The number of hydrogen-bond acceptors (Lipinski definition) is 6. The maximum atomic E-state index is 10.8. The Balaban J connectivity index is 2.46. The molecule has 100 valence electrons. The lowest BCUT2D eigenvalue weighted by molar-refractivity contribution is -0.385. The Morgan fingerprint density at radius 2 is 2.35 bits per heavy atom. The summed E-state index contributed by atoms with van der Waals surface area (Å²) in [6.07, 6.45) is 1.50. The first-order chi connectivity index (χ1) is 9.51. The van der Waals surface area contributed by atoms with Crippen LogP contribution in [0.4, 0.5) is 5.69 Å². The van der Waals surface area contributed by atoms with E-state index in [0.717, 1.165) is 5.69 Å². The summed E-state index contributed by atoms with van der Waals surface area (Å²) in [6, 6.07) is 5.96. The highest BCUT2D eigenvalue weighted by Gasteiger charge is 2.13. The van der Waals surface area contributed by atoms with Gasteiger partial charge in [-0.25, -0.2) is 4.98 Å². The van der Waals surface area contributed by atoms with Gasteiger partial charge in [0.25, 0.3) is 0 Å². The van der Waals surface area contributed by atoms with E-state index in [4.69, 9.17) is 5.26 Å². The molecule has 6 nitrogen and oxygen atoms in total. The molecule has 0 atom stereocenters. The summed E-state index contributed by atoms with van der Waals surface area (Å²) < 4.78 is 0. The third-order valence-corrected chi connectivity index (χ3v) is 3.47. The third kappa shape index (κ3) is 2.81. The molecule has 2 aromatic rings. The molecule has 1 aromatic heterocycles. The van der Waals surface area contributed by atoms with Crippen LogP contribution in [0, 0.1) is 28.4 Å². The Morgan fingerprint density at radius 1 is 1.60 bits per heavy atom. The molecule has 20 heavy (non-hydrogen) atoms. The van der Waals surface area contributed by atoms with Crippen molar-refractivity contribution in [2.24, 2.45) is 0 Å². The number of nitriles is 1. The normalized spacial score (nSPS) is 11.1. The first-order valence-electron chi connectivity index (χ1n) is 5.53. The van der Waals surface area contributed by atoms with E-state index in [9.17, 15) is 15.2 Å². The number of aromatic nitrogens is 1. The summed E-state index contributed by atoms with van der Waals surface area (Å²) in [5.74, 6) is -0.407. The summed E-state index contributed by atoms with van der Waals surface area (Å²) in [5, 5.41) is 31.7. The molecule has 1 heterocycles. The zero-order chi connectivity index (χ0) is 14.7. The van der Waals surface area contributed by atoms with Gasteiger partial charge in [0.15, 0.2) is 5.75 Å². The molecular formula is C13H9N3O3S. The van der Waals surface area contributed by atoms with Crippen molar-refractivity contribution in [3.05, 3.63) is 50.0 Å². The van der Waals surface area contributed by atoms with E-state index in [-0.39, 0.29) is 0 Å². The van der Waals surface area contributed by atoms with Gasteiger partial charge in [0.2, 0.25) is 0 Å². The number of thiazole rings is 1. The number of allylic oxidation sites excluding steroid dienone is 1. The predicted octanol–water partition coefficient (Wildman–Crippen LogP) is 3.13. The topological polar surface area (TPSA) is 100 Å². The van der Waals surface area contributed by atoms with Crippen molar-refractivity contribution in [1.29, 1.82) is 5.26 Å². The van der Waals surface area contributed by atoms with Gasteiger partial charge in [0.1, 0.15) is 11.1 Å². The maximum Gasteiger partial charge on any atom is 0.311 e. The molecule has 1 aromatic carbocycles. The first kappa shape index (κ1) is 13.7. The number of nitro benzene ring substituents is 1. The molecule has 0 saturated carbocycles. The van der Waals surface area contributed by atoms with E-state index in [1.807, 2.05) is 18.4 Å². The van der Waals surface area contributed by atoms with Crippen molar-refractivity contribution < 1.29 is 10.0 Å². The number of rotatable bonds is 3. The number of nitrogens with zero attached hydrogens (tertiary/aromatic N) is 3. The Hall–Kier alpha value is -2.72. The van der Waals surface area contributed by atoms with Crippen LogP contribution in [-0.4, -0.2) is 15.0 Å². The maximum absolute atomic E-state index is 10.8. The van der Waals surface area contributed by atoms with Crippen LogP contribution in [0.2, 0.25) is 0 Å². The Labute approximate surface area is 118 Å². The van der Waals surface area contributed by atoms with E-state index in [2.05, 4.69) is 4.98 Å². The van der Waals surface area contributed by atoms with Crippen molar-refractivity contribution in [2.45, 2.75) is 6.92 Å². The number of phenols is 1. The molecule has 0 amide bonds. The fourth-order valence-corrected chi connectivity index (χ4v) is 2.33. The summed E-state index contributed by atoms with van der Waals surface area (Å²) in [4.78, 5) is 14.3. The van der Waals surface area contributed by atoms with Gasteiger partial charge in [-0.05, 0) is 24.6 Å². The van der Waals surface area contributed by atoms with Gasteiger partial charge in [-0.3, -0.25) is 10.1 Å². The van der Waals surface area contributed by atoms with E-state index in [1.54, 1.807) is 0 Å². The van der Waals surface area contributed by atoms with Crippen LogP contribution < -0.4 is 0 Å². The van der Waals surface area contributed by atoms with Gasteiger partial charge in [-0.2, -0.15) is 5.26 Å². The van der Waals surface area contributed by atoms with Gasteiger partial charge in [-0.15, -0.1) is 11.3 Å². The quantitative estimate of drug-likeness (QED) is 0.531. The molecule has 0 aliphatic carbocycles. The van der Waals surface area contributed by atoms with E-state index in [0.29, 0.717) is 16.1 Å². The van der Waals surface area contributed by atoms with Crippen molar-refractivity contribution >= 4 is 28.7 Å². The number of benzene rings is 1. The molecule has 0 unspecified atom stereocenters. The van der Waals surface area contributed by atoms with Crippen LogP contribution in [0.15, 0.2) is 23.6 Å². The number of phenolic OH excluding ortho intramolecular Hbond substituents is 1. The van der Waals surface area contributed by atoms with E-state index in [1.165, 1.54) is 35.6 Å². The summed E-state index contributed by atoms with van der Waals surface area (Å²) in [5.41, 5.74) is 1.19. The Morgan fingerprint density at radius 3 is 2.90 bits per heavy atom. The zero-order valence-electron chi connectivity index (χ0n) is 10.4. The highest BCUT2D eigenvalue weighted by Crippen LogP contribution is 2.28. The van der Waals surface area contributed by atoms with Gasteiger partial charge in [0.05, 0.1) is 10.5 Å². The SMILES string of the molecule is Cc1csc(/C(C#N)=C\c2ccc(O)c([N+](=O)[O-])c2)n1.